The standard InChI is InChI=1S/C70H114ClF5N12O11/c1-13-45(6)59-66(98)87(35-34-86-32-29-69(72,73)30-33-86)42-57(91)81(8)41-58(92)84(11)54(39-47-20-15-14-16-21-47)65(97)82(9)40-55(89)78-51(26-24-48-23-25-49(50(71)38-48)70(74,75)76)64(96)88-31-19-22-52(88)62(94)80-68(27-17-18-28-68)67(99)85(12)60(44(4)5)63(95)77-46(7)37-56(90)83(10)53(36-43(2)3)61(93)79-59/h43-54,59-60H,13-42H2,1-12H3,(H,77,95)(H,78,89)(H,79,93)(H,80,94)/t45-,46+,48?,49?,50?,51-,52-,53-,54-,59-,60-/m0/s1. The third-order valence-electron chi connectivity index (χ3n) is 21.9. The van der Waals surface area contributed by atoms with Crippen molar-refractivity contribution in [2.24, 2.45) is 35.5 Å². The number of likely N-dealkylation sites (tertiary alicyclic amines) is 1. The monoisotopic (exact) mass is 1430 g/mol. The number of hydrogen-bond acceptors (Lipinski definition) is 12. The molecule has 11 atom stereocenters. The first-order valence-electron chi connectivity index (χ1n) is 36.3. The quantitative estimate of drug-likeness (QED) is 0.117. The minimum Gasteiger partial charge on any atom is -0.351 e. The van der Waals surface area contributed by atoms with Crippen molar-refractivity contribution in [2.45, 2.75) is 255 Å². The maximum absolute atomic E-state index is 15.2. The van der Waals surface area contributed by atoms with E-state index in [9.17, 15) is 60.3 Å². The van der Waals surface area contributed by atoms with Crippen molar-refractivity contribution >= 4 is 76.6 Å². The number of likely N-dealkylation sites (N-methyl/N-ethyl adjacent to an activating group) is 5. The molecule has 6 aliphatic rings. The van der Waals surface area contributed by atoms with Crippen LogP contribution in [0.15, 0.2) is 0 Å². The van der Waals surface area contributed by atoms with Gasteiger partial charge in [-0.05, 0) is 107 Å². The van der Waals surface area contributed by atoms with Crippen LogP contribution in [0.1, 0.15) is 190 Å². The molecule has 0 radical (unpaired) electrons. The lowest BCUT2D eigenvalue weighted by atomic mass is 9.78. The van der Waals surface area contributed by atoms with E-state index in [0.29, 0.717) is 25.7 Å². The van der Waals surface area contributed by atoms with Crippen LogP contribution in [-0.4, -0.2) is 257 Å². The molecule has 3 aliphatic heterocycles. The van der Waals surface area contributed by atoms with Crippen molar-refractivity contribution in [3.63, 3.8) is 0 Å². The number of nitrogens with one attached hydrogen (secondary N) is 4. The lowest BCUT2D eigenvalue weighted by Gasteiger charge is -2.39. The molecule has 3 unspecified atom stereocenters. The van der Waals surface area contributed by atoms with Crippen LogP contribution in [0.25, 0.3) is 0 Å². The van der Waals surface area contributed by atoms with Crippen molar-refractivity contribution < 1.29 is 74.7 Å². The van der Waals surface area contributed by atoms with Crippen molar-refractivity contribution in [3.05, 3.63) is 0 Å². The smallest absolute Gasteiger partial charge is 0.351 e. The molecular weight excluding hydrogens is 1320 g/mol. The fourth-order valence-corrected chi connectivity index (χ4v) is 16.0. The number of fused-ring (bicyclic) bond motifs is 1. The molecule has 23 nitrogen and oxygen atoms in total. The summed E-state index contributed by atoms with van der Waals surface area (Å²) in [4.78, 5) is 173. The molecule has 562 valence electrons. The van der Waals surface area contributed by atoms with Crippen molar-refractivity contribution in [1.82, 2.24) is 60.5 Å². The Labute approximate surface area is 587 Å². The van der Waals surface area contributed by atoms with E-state index in [1.807, 2.05) is 20.8 Å². The highest BCUT2D eigenvalue weighted by molar-refractivity contribution is 6.20. The average molecular weight is 1430 g/mol. The second kappa shape index (κ2) is 36.3. The molecule has 6 fully saturated rings. The zero-order chi connectivity index (χ0) is 73.6. The summed E-state index contributed by atoms with van der Waals surface area (Å²) in [7, 11) is 7.09. The Morgan fingerprint density at radius 2 is 1.24 bits per heavy atom. The van der Waals surface area contributed by atoms with Gasteiger partial charge in [-0.2, -0.15) is 13.2 Å². The predicted molar refractivity (Wildman–Crippen MR) is 363 cm³/mol. The van der Waals surface area contributed by atoms with Gasteiger partial charge in [0.15, 0.2) is 0 Å². The Balaban J connectivity index is 1.38. The normalized spacial score (nSPS) is 29.9. The summed E-state index contributed by atoms with van der Waals surface area (Å²) in [5.74, 6) is -13.2. The maximum Gasteiger partial charge on any atom is 0.393 e. The van der Waals surface area contributed by atoms with Gasteiger partial charge < -0.3 is 60.5 Å². The summed E-state index contributed by atoms with van der Waals surface area (Å²) in [5, 5.41) is 10.4. The van der Waals surface area contributed by atoms with Gasteiger partial charge in [-0.1, -0.05) is 92.9 Å². The fourth-order valence-electron chi connectivity index (χ4n) is 15.5. The van der Waals surface area contributed by atoms with E-state index in [2.05, 4.69) is 21.3 Å². The summed E-state index contributed by atoms with van der Waals surface area (Å²) >= 11 is 6.38. The Morgan fingerprint density at radius 1 is 0.606 bits per heavy atom. The first-order valence-corrected chi connectivity index (χ1v) is 36.7. The molecule has 3 aliphatic carbocycles. The number of amides is 11. The van der Waals surface area contributed by atoms with Crippen LogP contribution in [0.5, 0.6) is 0 Å². The van der Waals surface area contributed by atoms with Crippen LogP contribution in [0.4, 0.5) is 22.0 Å². The molecule has 29 heteroatoms. The highest BCUT2D eigenvalue weighted by Crippen LogP contribution is 2.44. The number of piperidine rings is 1. The van der Waals surface area contributed by atoms with Crippen molar-refractivity contribution in [3.8, 4) is 0 Å². The summed E-state index contributed by atoms with van der Waals surface area (Å²) in [6.07, 6.45) is 1.39. The minimum atomic E-state index is -4.51. The second-order valence-electron chi connectivity index (χ2n) is 30.4. The topological polar surface area (TPSA) is 262 Å². The van der Waals surface area contributed by atoms with E-state index in [0.717, 1.165) is 41.9 Å². The maximum atomic E-state index is 15.2. The van der Waals surface area contributed by atoms with Gasteiger partial charge in [-0.3, -0.25) is 52.7 Å². The van der Waals surface area contributed by atoms with Crippen molar-refractivity contribution in [1.29, 1.82) is 0 Å². The Bertz CT molecular complexity index is 2820. The van der Waals surface area contributed by atoms with Gasteiger partial charge in [0.25, 0.3) is 5.92 Å². The lowest BCUT2D eigenvalue weighted by Crippen LogP contribution is -2.64. The van der Waals surface area contributed by atoms with E-state index in [4.69, 9.17) is 11.6 Å². The number of carbonyl (C=O) groups is 11. The van der Waals surface area contributed by atoms with Crippen LogP contribution in [0.3, 0.4) is 0 Å². The molecule has 0 aromatic rings. The third kappa shape index (κ3) is 22.3. The van der Waals surface area contributed by atoms with Gasteiger partial charge in [-0.25, -0.2) is 8.78 Å². The molecule has 99 heavy (non-hydrogen) atoms. The molecule has 3 saturated carbocycles. The molecule has 0 bridgehead atoms. The number of nitrogens with zero attached hydrogens (tertiary/aromatic N) is 8. The molecular formula is C70H114ClF5N12O11. The molecule has 1 spiro atoms. The van der Waals surface area contributed by atoms with E-state index in [-0.39, 0.29) is 121 Å². The first kappa shape index (κ1) is 82.0. The van der Waals surface area contributed by atoms with E-state index < -0.39 is 181 Å². The number of rotatable bonds is 13. The van der Waals surface area contributed by atoms with Crippen molar-refractivity contribution in [2.75, 3.05) is 87.6 Å². The van der Waals surface area contributed by atoms with Crippen LogP contribution < -0.4 is 21.3 Å². The zero-order valence-corrected chi connectivity index (χ0v) is 61.4. The Morgan fingerprint density at radius 3 is 1.84 bits per heavy atom. The van der Waals surface area contributed by atoms with Crippen LogP contribution in [-0.2, 0) is 52.7 Å². The molecule has 6 rings (SSSR count). The van der Waals surface area contributed by atoms with Crippen LogP contribution >= 0.6 is 11.6 Å². The van der Waals surface area contributed by atoms with Crippen LogP contribution in [0.2, 0.25) is 0 Å². The summed E-state index contributed by atoms with van der Waals surface area (Å²) in [6.45, 7) is 10.7. The lowest BCUT2D eigenvalue weighted by molar-refractivity contribution is -0.182. The summed E-state index contributed by atoms with van der Waals surface area (Å²) in [5.41, 5.74) is -1.50. The largest absolute Gasteiger partial charge is 0.393 e. The number of halogens is 6. The van der Waals surface area contributed by atoms with E-state index in [1.54, 1.807) is 32.6 Å². The number of hydrogen-bond donors (Lipinski definition) is 4. The summed E-state index contributed by atoms with van der Waals surface area (Å²) < 4.78 is 70.7. The predicted octanol–water partition coefficient (Wildman–Crippen LogP) is 6.33. The first-order chi connectivity index (χ1) is 46.4. The average Bonchev–Trinajstić information content (AvgIpc) is 1.71. The molecule has 0 aromatic heterocycles. The molecule has 11 amide bonds. The third-order valence-corrected chi connectivity index (χ3v) is 22.4. The highest BCUT2D eigenvalue weighted by Gasteiger charge is 2.51. The van der Waals surface area contributed by atoms with Gasteiger partial charge in [0.1, 0.15) is 41.8 Å². The Hall–Kier alpha value is -5.93. The number of carbonyl (C=O) groups excluding carboxylic acids is 11. The van der Waals surface area contributed by atoms with E-state index >= 15 is 14.4 Å². The molecule has 3 saturated heterocycles. The molecule has 4 N–H and O–H groups in total. The van der Waals surface area contributed by atoms with Gasteiger partial charge >= 0.3 is 6.18 Å². The SMILES string of the molecule is CC[C@H](C)[C@@H]1NC(=O)[C@H](CC(C)C)N(C)C(=O)C[C@@H](C)NC(=O)[C@H](C(C)C)N(C)C(=O)C2(CCCC2)NC(=O)[C@@H]2CCCN2C(=O)[C@H](CCC2CCC(C(F)(F)F)C(Cl)C2)NC(=O)CN(C)C(=O)[C@H](CC2CCCCC2)N(C)C(=O)CN(C)C(=O)CN(CCN2CCC(F)(F)CC2)C1=O. The number of alkyl halides is 6. The fraction of sp³-hybridized carbons (Fsp3) is 0.843. The zero-order valence-electron chi connectivity index (χ0n) is 60.6. The highest BCUT2D eigenvalue weighted by atomic mass is 35.5. The summed E-state index contributed by atoms with van der Waals surface area (Å²) in [6, 6.07) is -8.00. The van der Waals surface area contributed by atoms with Gasteiger partial charge in [0, 0.05) is 98.6 Å². The Kier molecular flexibility index (Phi) is 30.1. The molecule has 0 aromatic carbocycles. The van der Waals surface area contributed by atoms with Gasteiger partial charge in [-0.15, -0.1) is 11.6 Å². The molecule has 3 heterocycles. The van der Waals surface area contributed by atoms with Crippen LogP contribution in [0, 0.1) is 35.5 Å². The second-order valence-corrected chi connectivity index (χ2v) is 31.0. The van der Waals surface area contributed by atoms with Gasteiger partial charge in [0.2, 0.25) is 65.0 Å². The minimum absolute atomic E-state index is 0.00214. The van der Waals surface area contributed by atoms with E-state index in [1.165, 1.54) is 59.7 Å². The van der Waals surface area contributed by atoms with Gasteiger partial charge in [0.05, 0.1) is 25.6 Å².